The predicted octanol–water partition coefficient (Wildman–Crippen LogP) is 5.37. The van der Waals surface area contributed by atoms with Crippen LogP contribution in [0.15, 0.2) is 59.3 Å². The molecule has 38 heavy (non-hydrogen) atoms. The van der Waals surface area contributed by atoms with Crippen LogP contribution in [0, 0.1) is 0 Å². The number of carboxylic acids is 1. The molecule has 1 amide bonds. The van der Waals surface area contributed by atoms with Gasteiger partial charge in [0.1, 0.15) is 17.7 Å². The van der Waals surface area contributed by atoms with Gasteiger partial charge in [0.05, 0.1) is 7.11 Å². The zero-order valence-electron chi connectivity index (χ0n) is 21.7. The van der Waals surface area contributed by atoms with E-state index in [1.807, 2.05) is 53.2 Å². The highest BCUT2D eigenvalue weighted by molar-refractivity contribution is 7.17. The van der Waals surface area contributed by atoms with Gasteiger partial charge in [0, 0.05) is 15.8 Å². The minimum Gasteiger partial charge on any atom is -0.480 e. The molecule has 0 saturated heterocycles. The highest BCUT2D eigenvalue weighted by Crippen LogP contribution is 2.27. The van der Waals surface area contributed by atoms with Gasteiger partial charge in [-0.15, -0.1) is 22.7 Å². The van der Waals surface area contributed by atoms with Crippen molar-refractivity contribution in [3.05, 3.63) is 70.4 Å². The number of ether oxygens (including phenoxy) is 2. The second kappa shape index (κ2) is 12.9. The predicted molar refractivity (Wildman–Crippen MR) is 152 cm³/mol. The van der Waals surface area contributed by atoms with Crippen molar-refractivity contribution < 1.29 is 29.0 Å². The molecular formula is C28H32N2O6S2. The van der Waals surface area contributed by atoms with Crippen LogP contribution in [0.1, 0.15) is 31.9 Å². The molecule has 2 atom stereocenters. The first-order valence-electron chi connectivity index (χ1n) is 11.9. The average Bonchev–Trinajstić information content (AvgIpc) is 3.46. The maximum absolute atomic E-state index is 11.8. The Balaban J connectivity index is 0.000000221. The fourth-order valence-corrected chi connectivity index (χ4v) is 5.67. The van der Waals surface area contributed by atoms with Crippen LogP contribution in [0.4, 0.5) is 4.79 Å². The standard InChI is InChI=1S/C16H19NO4S.C12H13NO2S/c1-16(2,3)21-15(20)17-12(14(18)19)8-10-9-22-13-7-5-4-6-11(10)13;1-15-12(14)10(13)6-8-7-16-11-5-3-2-4-9(8)11/h4-7,9,12H,8H2,1-3H3,(H,17,20)(H,18,19);2-5,7,10H,6,13H2,1H3. The molecule has 0 fully saturated rings. The van der Waals surface area contributed by atoms with E-state index >= 15 is 0 Å². The van der Waals surface area contributed by atoms with E-state index in [1.165, 1.54) is 17.2 Å². The Morgan fingerprint density at radius 3 is 1.89 bits per heavy atom. The molecule has 0 aliphatic carbocycles. The molecule has 202 valence electrons. The van der Waals surface area contributed by atoms with Crippen molar-refractivity contribution in [3.63, 3.8) is 0 Å². The zero-order chi connectivity index (χ0) is 27.9. The number of hydrogen-bond acceptors (Lipinski definition) is 8. The molecule has 0 aliphatic rings. The summed E-state index contributed by atoms with van der Waals surface area (Å²) in [5.74, 6) is -1.45. The van der Waals surface area contributed by atoms with Gasteiger partial charge in [-0.25, -0.2) is 9.59 Å². The Morgan fingerprint density at radius 1 is 0.921 bits per heavy atom. The summed E-state index contributed by atoms with van der Waals surface area (Å²) < 4.78 is 12.0. The van der Waals surface area contributed by atoms with E-state index in [1.54, 1.807) is 43.4 Å². The molecule has 2 aromatic carbocycles. The van der Waals surface area contributed by atoms with E-state index in [-0.39, 0.29) is 12.4 Å². The number of aliphatic carboxylic acids is 1. The number of methoxy groups -OCH3 is 1. The van der Waals surface area contributed by atoms with Crippen molar-refractivity contribution in [2.24, 2.45) is 5.73 Å². The number of hydrogen-bond donors (Lipinski definition) is 3. The highest BCUT2D eigenvalue weighted by atomic mass is 32.1. The highest BCUT2D eigenvalue weighted by Gasteiger charge is 2.25. The molecule has 4 N–H and O–H groups in total. The number of rotatable bonds is 7. The number of carbonyl (C=O) groups is 3. The van der Waals surface area contributed by atoms with Crippen LogP contribution in [0.5, 0.6) is 0 Å². The van der Waals surface area contributed by atoms with E-state index in [9.17, 15) is 19.5 Å². The number of carboxylic acid groups (broad SMARTS) is 1. The first-order chi connectivity index (χ1) is 18.0. The first-order valence-corrected chi connectivity index (χ1v) is 13.7. The van der Waals surface area contributed by atoms with Crippen LogP contribution < -0.4 is 11.1 Å². The number of thiophene rings is 2. The number of fused-ring (bicyclic) bond motifs is 2. The zero-order valence-corrected chi connectivity index (χ0v) is 23.4. The number of alkyl carbamates (subject to hydrolysis) is 1. The summed E-state index contributed by atoms with van der Waals surface area (Å²) in [6.07, 6.45) is 0.0226. The number of esters is 1. The molecular weight excluding hydrogens is 524 g/mol. The smallest absolute Gasteiger partial charge is 0.408 e. The average molecular weight is 557 g/mol. The van der Waals surface area contributed by atoms with Crippen molar-refractivity contribution >= 4 is 60.9 Å². The Kier molecular flexibility index (Phi) is 9.84. The molecule has 0 saturated carbocycles. The molecule has 4 rings (SSSR count). The third-order valence-corrected chi connectivity index (χ3v) is 7.50. The second-order valence-corrected chi connectivity index (χ2v) is 11.4. The molecule has 0 bridgehead atoms. The van der Waals surface area contributed by atoms with Gasteiger partial charge in [-0.05, 0) is 72.0 Å². The summed E-state index contributed by atoms with van der Waals surface area (Å²) in [5.41, 5.74) is 7.09. The minimum absolute atomic E-state index is 0.221. The van der Waals surface area contributed by atoms with Crippen LogP contribution in [-0.4, -0.2) is 47.9 Å². The number of nitrogens with one attached hydrogen (secondary N) is 1. The lowest BCUT2D eigenvalue weighted by Gasteiger charge is -2.22. The topological polar surface area (TPSA) is 128 Å². The molecule has 10 heteroatoms. The van der Waals surface area contributed by atoms with Crippen LogP contribution in [0.2, 0.25) is 0 Å². The lowest BCUT2D eigenvalue weighted by atomic mass is 10.1. The summed E-state index contributed by atoms with van der Waals surface area (Å²) in [6, 6.07) is 14.3. The molecule has 0 spiro atoms. The summed E-state index contributed by atoms with van der Waals surface area (Å²) in [6.45, 7) is 5.19. The SMILES string of the molecule is CC(C)(C)OC(=O)NC(Cc1csc2ccccc12)C(=O)O.COC(=O)C(N)Cc1csc2ccccc12. The molecule has 8 nitrogen and oxygen atoms in total. The van der Waals surface area contributed by atoms with Crippen molar-refractivity contribution in [1.82, 2.24) is 5.32 Å². The van der Waals surface area contributed by atoms with Gasteiger partial charge in [-0.2, -0.15) is 0 Å². The summed E-state index contributed by atoms with van der Waals surface area (Å²) in [4.78, 5) is 34.4. The number of amides is 1. The van der Waals surface area contributed by atoms with E-state index < -0.39 is 29.7 Å². The van der Waals surface area contributed by atoms with Crippen molar-refractivity contribution in [3.8, 4) is 0 Å². The normalized spacial score (nSPS) is 12.8. The van der Waals surface area contributed by atoms with E-state index in [2.05, 4.69) is 16.1 Å². The number of nitrogens with two attached hydrogens (primary N) is 1. The van der Waals surface area contributed by atoms with Gasteiger partial charge in [0.15, 0.2) is 0 Å². The maximum atomic E-state index is 11.8. The van der Waals surface area contributed by atoms with Crippen molar-refractivity contribution in [2.45, 2.75) is 51.3 Å². The summed E-state index contributed by atoms with van der Waals surface area (Å²) in [7, 11) is 1.36. The molecule has 4 aromatic rings. The van der Waals surface area contributed by atoms with Gasteiger partial charge < -0.3 is 25.6 Å². The number of benzene rings is 2. The van der Waals surface area contributed by atoms with E-state index in [4.69, 9.17) is 10.5 Å². The van der Waals surface area contributed by atoms with Crippen molar-refractivity contribution in [1.29, 1.82) is 0 Å². The minimum atomic E-state index is -1.08. The molecule has 0 radical (unpaired) electrons. The fourth-order valence-electron chi connectivity index (χ4n) is 3.72. The molecule has 2 aromatic heterocycles. The van der Waals surface area contributed by atoms with E-state index in [0.29, 0.717) is 6.42 Å². The van der Waals surface area contributed by atoms with Crippen LogP contribution in [-0.2, 0) is 31.9 Å². The molecule has 2 heterocycles. The lowest BCUT2D eigenvalue weighted by Crippen LogP contribution is -2.44. The second-order valence-electron chi connectivity index (χ2n) is 9.59. The third kappa shape index (κ3) is 8.01. The largest absolute Gasteiger partial charge is 0.480 e. The van der Waals surface area contributed by atoms with Crippen LogP contribution >= 0.6 is 22.7 Å². The van der Waals surface area contributed by atoms with Gasteiger partial charge >= 0.3 is 18.0 Å². The Hall–Kier alpha value is -3.47. The summed E-state index contributed by atoms with van der Waals surface area (Å²) in [5, 5.41) is 17.9. The van der Waals surface area contributed by atoms with Gasteiger partial charge in [0.2, 0.25) is 0 Å². The Morgan fingerprint density at radius 2 is 1.42 bits per heavy atom. The maximum Gasteiger partial charge on any atom is 0.408 e. The van der Waals surface area contributed by atoms with Crippen LogP contribution in [0.25, 0.3) is 20.2 Å². The number of carbonyl (C=O) groups excluding carboxylic acids is 2. The quantitative estimate of drug-likeness (QED) is 0.261. The lowest BCUT2D eigenvalue weighted by molar-refractivity contribution is -0.142. The van der Waals surface area contributed by atoms with Crippen molar-refractivity contribution in [2.75, 3.05) is 7.11 Å². The third-order valence-electron chi connectivity index (χ3n) is 5.48. The first kappa shape index (κ1) is 29.1. The van der Waals surface area contributed by atoms with Gasteiger partial charge in [-0.1, -0.05) is 36.4 Å². The molecule has 0 aliphatic heterocycles. The van der Waals surface area contributed by atoms with Gasteiger partial charge in [0.25, 0.3) is 0 Å². The monoisotopic (exact) mass is 556 g/mol. The fraction of sp³-hybridized carbons (Fsp3) is 0.321. The van der Waals surface area contributed by atoms with Crippen LogP contribution in [0.3, 0.4) is 0 Å². The van der Waals surface area contributed by atoms with Gasteiger partial charge in [-0.3, -0.25) is 4.79 Å². The Labute approximate surface area is 229 Å². The summed E-state index contributed by atoms with van der Waals surface area (Å²) >= 11 is 3.23. The Bertz CT molecular complexity index is 1410. The van der Waals surface area contributed by atoms with E-state index in [0.717, 1.165) is 21.2 Å². The molecule has 2 unspecified atom stereocenters.